The van der Waals surface area contributed by atoms with Crippen LogP contribution in [-0.4, -0.2) is 48.4 Å². The number of hydrogen-bond donors (Lipinski definition) is 1. The molecule has 4 aliphatic rings. The molecule has 8 heteroatoms. The van der Waals surface area contributed by atoms with Crippen LogP contribution in [0.1, 0.15) is 51.5 Å². The molecule has 1 aromatic heterocycles. The predicted octanol–water partition coefficient (Wildman–Crippen LogP) is 4.77. The molecule has 2 bridgehead atoms. The Hall–Kier alpha value is -2.71. The van der Waals surface area contributed by atoms with Crippen molar-refractivity contribution in [3.63, 3.8) is 0 Å². The van der Waals surface area contributed by atoms with Crippen molar-refractivity contribution in [2.75, 3.05) is 28.3 Å². The van der Waals surface area contributed by atoms with E-state index in [-0.39, 0.29) is 30.1 Å². The number of nitrogens with zero attached hydrogens (tertiary/aromatic N) is 3. The lowest BCUT2D eigenvalue weighted by Crippen LogP contribution is -2.39. The Morgan fingerprint density at radius 3 is 2.77 bits per heavy atom. The number of anilines is 4. The summed E-state index contributed by atoms with van der Waals surface area (Å²) in [4.78, 5) is 22.5. The van der Waals surface area contributed by atoms with Gasteiger partial charge in [0.2, 0.25) is 5.91 Å². The van der Waals surface area contributed by atoms with Gasteiger partial charge in [0, 0.05) is 23.7 Å². The van der Waals surface area contributed by atoms with Crippen molar-refractivity contribution < 1.29 is 18.7 Å². The molecule has 2 aromatic rings. The Bertz CT molecular complexity index is 1120. The molecule has 6 rings (SSSR count). The summed E-state index contributed by atoms with van der Waals surface area (Å²) in [7, 11) is 0. The van der Waals surface area contributed by atoms with Gasteiger partial charge in [-0.3, -0.25) is 4.79 Å². The summed E-state index contributed by atoms with van der Waals surface area (Å²) in [5.74, 6) is 0.219. The van der Waals surface area contributed by atoms with Gasteiger partial charge in [0.15, 0.2) is 0 Å². The SMILES string of the molecule is CC(C)O[C@H]1CC[C@H](C(=O)N2Cc3cc(F)cnc3Nc3ccc(N4C[C@@H]5C[C@H]4CO5)cc32)CC1. The van der Waals surface area contributed by atoms with Crippen LogP contribution in [0.25, 0.3) is 0 Å². The van der Waals surface area contributed by atoms with Crippen molar-refractivity contribution in [3.05, 3.63) is 41.8 Å². The molecular formula is C27H33FN4O3. The van der Waals surface area contributed by atoms with E-state index in [0.717, 1.165) is 62.3 Å². The van der Waals surface area contributed by atoms with Crippen LogP contribution in [0.5, 0.6) is 0 Å². The molecule has 4 heterocycles. The highest BCUT2D eigenvalue weighted by Crippen LogP contribution is 2.42. The quantitative estimate of drug-likeness (QED) is 0.680. The number of morpholine rings is 1. The number of amides is 1. The van der Waals surface area contributed by atoms with Crippen LogP contribution in [0.15, 0.2) is 30.5 Å². The molecule has 2 saturated heterocycles. The van der Waals surface area contributed by atoms with Gasteiger partial charge >= 0.3 is 0 Å². The van der Waals surface area contributed by atoms with E-state index in [2.05, 4.69) is 41.2 Å². The highest BCUT2D eigenvalue weighted by Gasteiger charge is 2.40. The van der Waals surface area contributed by atoms with Gasteiger partial charge in [0.1, 0.15) is 11.6 Å². The maximum atomic E-state index is 14.1. The third-order valence-corrected chi connectivity index (χ3v) is 7.77. The molecule has 3 fully saturated rings. The second-order valence-corrected chi connectivity index (χ2v) is 10.6. The van der Waals surface area contributed by atoms with E-state index in [1.165, 1.54) is 12.3 Å². The summed E-state index contributed by atoms with van der Waals surface area (Å²) in [5, 5.41) is 3.36. The average molecular weight is 481 g/mol. The molecule has 186 valence electrons. The van der Waals surface area contributed by atoms with Gasteiger partial charge in [0.25, 0.3) is 0 Å². The molecule has 1 saturated carbocycles. The second kappa shape index (κ2) is 9.06. The summed E-state index contributed by atoms with van der Waals surface area (Å²) in [5.41, 5.74) is 3.42. The maximum Gasteiger partial charge on any atom is 0.230 e. The first-order valence-corrected chi connectivity index (χ1v) is 12.8. The first-order chi connectivity index (χ1) is 16.9. The summed E-state index contributed by atoms with van der Waals surface area (Å²) < 4.78 is 25.9. The predicted molar refractivity (Wildman–Crippen MR) is 133 cm³/mol. The number of pyridine rings is 1. The molecule has 7 nitrogen and oxygen atoms in total. The number of hydrogen-bond acceptors (Lipinski definition) is 6. The van der Waals surface area contributed by atoms with Crippen LogP contribution in [0, 0.1) is 11.7 Å². The zero-order chi connectivity index (χ0) is 24.1. The third kappa shape index (κ3) is 4.38. The number of rotatable bonds is 4. The molecule has 0 spiro atoms. The zero-order valence-electron chi connectivity index (χ0n) is 20.4. The lowest BCUT2D eigenvalue weighted by atomic mass is 9.86. The first kappa shape index (κ1) is 22.7. The normalized spacial score (nSPS) is 27.4. The number of benzene rings is 1. The van der Waals surface area contributed by atoms with Crippen LogP contribution in [0.4, 0.5) is 27.3 Å². The van der Waals surface area contributed by atoms with Crippen LogP contribution in [0.3, 0.4) is 0 Å². The Kier molecular flexibility index (Phi) is 5.89. The molecule has 35 heavy (non-hydrogen) atoms. The van der Waals surface area contributed by atoms with Crippen LogP contribution < -0.4 is 15.1 Å². The summed E-state index contributed by atoms with van der Waals surface area (Å²) >= 11 is 0. The molecule has 1 aliphatic carbocycles. The minimum absolute atomic E-state index is 0.0715. The summed E-state index contributed by atoms with van der Waals surface area (Å²) in [6.45, 7) is 6.02. The topological polar surface area (TPSA) is 66.9 Å². The second-order valence-electron chi connectivity index (χ2n) is 10.6. The summed E-state index contributed by atoms with van der Waals surface area (Å²) in [6, 6.07) is 8.08. The number of aromatic nitrogens is 1. The molecule has 3 aliphatic heterocycles. The van der Waals surface area contributed by atoms with E-state index in [1.807, 2.05) is 11.0 Å². The zero-order valence-corrected chi connectivity index (χ0v) is 20.4. The van der Waals surface area contributed by atoms with Crippen molar-refractivity contribution in [2.24, 2.45) is 5.92 Å². The van der Waals surface area contributed by atoms with E-state index in [0.29, 0.717) is 24.0 Å². The fourth-order valence-electron chi connectivity index (χ4n) is 6.09. The standard InChI is InChI=1S/C27H33FN4O3/c1-16(2)35-22-6-3-17(4-7-22)27(33)32-13-18-9-19(28)12-29-26(18)30-24-8-5-20(11-25(24)32)31-14-23-10-21(31)15-34-23/h5,8-9,11-12,16-17,21-23H,3-4,6-7,10,13-15H2,1-2H3,(H,29,30)/t17-,21-,22-,23-/m0/s1. The van der Waals surface area contributed by atoms with Crippen LogP contribution in [0.2, 0.25) is 0 Å². The molecule has 0 unspecified atom stereocenters. The minimum atomic E-state index is -0.399. The highest BCUT2D eigenvalue weighted by atomic mass is 19.1. The van der Waals surface area contributed by atoms with Gasteiger partial charge in [-0.2, -0.15) is 0 Å². The van der Waals surface area contributed by atoms with E-state index < -0.39 is 5.82 Å². The van der Waals surface area contributed by atoms with Gasteiger partial charge < -0.3 is 24.6 Å². The van der Waals surface area contributed by atoms with E-state index in [9.17, 15) is 9.18 Å². The van der Waals surface area contributed by atoms with E-state index >= 15 is 0 Å². The van der Waals surface area contributed by atoms with Crippen molar-refractivity contribution in [3.8, 4) is 0 Å². The number of carbonyl (C=O) groups is 1. The van der Waals surface area contributed by atoms with Crippen LogP contribution >= 0.6 is 0 Å². The number of ether oxygens (including phenoxy) is 2. The van der Waals surface area contributed by atoms with Gasteiger partial charge in [-0.05, 0) is 70.2 Å². The molecule has 0 radical (unpaired) electrons. The molecular weight excluding hydrogens is 447 g/mol. The lowest BCUT2D eigenvalue weighted by Gasteiger charge is -2.34. The molecule has 1 amide bonds. The number of fused-ring (bicyclic) bond motifs is 4. The van der Waals surface area contributed by atoms with Gasteiger partial charge in [-0.15, -0.1) is 0 Å². The lowest BCUT2D eigenvalue weighted by molar-refractivity contribution is -0.124. The fourth-order valence-corrected chi connectivity index (χ4v) is 6.09. The van der Waals surface area contributed by atoms with E-state index in [1.54, 1.807) is 0 Å². The Morgan fingerprint density at radius 2 is 2.06 bits per heavy atom. The minimum Gasteiger partial charge on any atom is -0.376 e. The molecule has 1 N–H and O–H groups in total. The number of halogens is 1. The fraction of sp³-hybridized carbons (Fsp3) is 0.556. The number of nitrogens with one attached hydrogen (secondary N) is 1. The van der Waals surface area contributed by atoms with Gasteiger partial charge in [-0.1, -0.05) is 0 Å². The maximum absolute atomic E-state index is 14.1. The average Bonchev–Trinajstić information content (AvgIpc) is 3.44. The third-order valence-electron chi connectivity index (χ3n) is 7.77. The highest BCUT2D eigenvalue weighted by molar-refractivity contribution is 6.00. The van der Waals surface area contributed by atoms with Crippen molar-refractivity contribution in [2.45, 2.75) is 76.9 Å². The number of carbonyl (C=O) groups excluding carboxylic acids is 1. The van der Waals surface area contributed by atoms with Crippen molar-refractivity contribution >= 4 is 28.8 Å². The Balaban J connectivity index is 1.31. The Morgan fingerprint density at radius 1 is 1.23 bits per heavy atom. The van der Waals surface area contributed by atoms with Gasteiger partial charge in [0.05, 0.1) is 55.1 Å². The van der Waals surface area contributed by atoms with Crippen LogP contribution in [-0.2, 0) is 20.8 Å². The van der Waals surface area contributed by atoms with Crippen molar-refractivity contribution in [1.82, 2.24) is 4.98 Å². The van der Waals surface area contributed by atoms with Gasteiger partial charge in [-0.25, -0.2) is 9.37 Å². The van der Waals surface area contributed by atoms with E-state index in [4.69, 9.17) is 9.47 Å². The molecule has 1 aromatic carbocycles. The first-order valence-electron chi connectivity index (χ1n) is 12.8. The molecule has 2 atom stereocenters. The van der Waals surface area contributed by atoms with Crippen molar-refractivity contribution in [1.29, 1.82) is 0 Å². The largest absolute Gasteiger partial charge is 0.376 e. The summed E-state index contributed by atoms with van der Waals surface area (Å²) in [6.07, 6.45) is 6.34. The Labute approximate surface area is 205 Å². The monoisotopic (exact) mass is 480 g/mol. The smallest absolute Gasteiger partial charge is 0.230 e.